The summed E-state index contributed by atoms with van der Waals surface area (Å²) in [6.45, 7) is 8.28. The first kappa shape index (κ1) is 19.0. The number of hydrogen-bond donors (Lipinski definition) is 0. The van der Waals surface area contributed by atoms with Gasteiger partial charge in [-0.05, 0) is 52.2 Å². The van der Waals surface area contributed by atoms with Crippen LogP contribution in [0.4, 0.5) is 0 Å². The molecule has 2 heterocycles. The summed E-state index contributed by atoms with van der Waals surface area (Å²) in [5.74, 6) is 1.47. The Morgan fingerprint density at radius 1 is 1.18 bits per heavy atom. The number of rotatable bonds is 7. The lowest BCUT2D eigenvalue weighted by Gasteiger charge is -2.19. The van der Waals surface area contributed by atoms with E-state index in [1.165, 1.54) is 30.2 Å². The molecular formula is C22H26N4OS. The number of aromatic nitrogens is 4. The van der Waals surface area contributed by atoms with Crippen molar-refractivity contribution in [3.05, 3.63) is 64.7 Å². The zero-order chi connectivity index (χ0) is 19.8. The molecule has 28 heavy (non-hydrogen) atoms. The summed E-state index contributed by atoms with van der Waals surface area (Å²) in [6.07, 6.45) is 2.36. The molecule has 3 aromatic rings. The highest BCUT2D eigenvalue weighted by atomic mass is 32.2. The minimum Gasteiger partial charge on any atom is -0.341 e. The summed E-state index contributed by atoms with van der Waals surface area (Å²) < 4.78 is 4.43. The van der Waals surface area contributed by atoms with E-state index in [1.54, 1.807) is 0 Å². The van der Waals surface area contributed by atoms with Crippen molar-refractivity contribution < 1.29 is 4.79 Å². The number of nitrogens with zero attached hydrogens (tertiary/aromatic N) is 4. The van der Waals surface area contributed by atoms with Crippen LogP contribution in [0.15, 0.2) is 41.6 Å². The molecule has 0 spiro atoms. The fourth-order valence-corrected chi connectivity index (χ4v) is 4.88. The van der Waals surface area contributed by atoms with Gasteiger partial charge >= 0.3 is 0 Å². The monoisotopic (exact) mass is 394 g/mol. The minimum absolute atomic E-state index is 0.146. The third kappa shape index (κ3) is 3.53. The maximum absolute atomic E-state index is 13.0. The van der Waals surface area contributed by atoms with Crippen molar-refractivity contribution in [1.82, 2.24) is 19.3 Å². The van der Waals surface area contributed by atoms with Gasteiger partial charge in [0.1, 0.15) is 5.82 Å². The summed E-state index contributed by atoms with van der Waals surface area (Å²) in [5.41, 5.74) is 4.19. The van der Waals surface area contributed by atoms with Gasteiger partial charge in [0.15, 0.2) is 10.9 Å². The molecule has 0 amide bonds. The van der Waals surface area contributed by atoms with Gasteiger partial charge in [-0.25, -0.2) is 0 Å². The van der Waals surface area contributed by atoms with Crippen molar-refractivity contribution in [3.63, 3.8) is 0 Å². The molecule has 1 aliphatic carbocycles. The van der Waals surface area contributed by atoms with E-state index in [-0.39, 0.29) is 11.8 Å². The number of hydrogen-bond acceptors (Lipinski definition) is 4. The Balaban J connectivity index is 1.52. The van der Waals surface area contributed by atoms with E-state index >= 15 is 0 Å². The highest BCUT2D eigenvalue weighted by Crippen LogP contribution is 2.38. The Morgan fingerprint density at radius 3 is 2.57 bits per heavy atom. The van der Waals surface area contributed by atoms with Gasteiger partial charge in [-0.15, -0.1) is 10.2 Å². The maximum atomic E-state index is 13.0. The molecule has 0 saturated heterocycles. The zero-order valence-corrected chi connectivity index (χ0v) is 17.7. The lowest BCUT2D eigenvalue weighted by Crippen LogP contribution is -2.12. The third-order valence-electron chi connectivity index (χ3n) is 5.53. The van der Waals surface area contributed by atoms with Gasteiger partial charge in [0.2, 0.25) is 0 Å². The second kappa shape index (κ2) is 7.59. The van der Waals surface area contributed by atoms with Gasteiger partial charge in [-0.3, -0.25) is 4.79 Å². The third-order valence-corrected chi connectivity index (χ3v) is 6.48. The van der Waals surface area contributed by atoms with Crippen LogP contribution in [0.2, 0.25) is 0 Å². The van der Waals surface area contributed by atoms with Crippen LogP contribution >= 0.6 is 11.8 Å². The van der Waals surface area contributed by atoms with Crippen LogP contribution in [0.3, 0.4) is 0 Å². The largest absolute Gasteiger partial charge is 0.341 e. The molecule has 1 saturated carbocycles. The van der Waals surface area contributed by atoms with Crippen LogP contribution in [0.1, 0.15) is 65.0 Å². The number of benzene rings is 1. The van der Waals surface area contributed by atoms with Gasteiger partial charge in [0.05, 0.1) is 11.8 Å². The highest BCUT2D eigenvalue weighted by molar-refractivity contribution is 7.99. The Morgan fingerprint density at radius 2 is 1.89 bits per heavy atom. The number of carbonyl (C=O) groups excluding carboxylic acids is 1. The number of aryl methyl sites for hydroxylation is 2. The maximum Gasteiger partial charge on any atom is 0.191 e. The topological polar surface area (TPSA) is 52.7 Å². The first-order valence-electron chi connectivity index (χ1n) is 9.78. The molecule has 1 fully saturated rings. The standard InChI is InChI=1S/C22H26N4OS/c1-14-12-20(16(3)25(14)15(2)18-8-6-5-7-9-18)21(27)13-28-22-24-23-17(4)26(22)19-10-11-19/h5-9,12,15,19H,10-11,13H2,1-4H3/t15-/m0/s1. The van der Waals surface area contributed by atoms with Gasteiger partial charge in [-0.2, -0.15) is 0 Å². The summed E-state index contributed by atoms with van der Waals surface area (Å²) in [7, 11) is 0. The van der Waals surface area contributed by atoms with Crippen LogP contribution in [-0.2, 0) is 0 Å². The van der Waals surface area contributed by atoms with Crippen LogP contribution in [0.25, 0.3) is 0 Å². The molecule has 5 nitrogen and oxygen atoms in total. The Kier molecular flexibility index (Phi) is 5.15. The van der Waals surface area contributed by atoms with E-state index in [0.29, 0.717) is 11.8 Å². The molecule has 0 bridgehead atoms. The Hall–Kier alpha value is -2.34. The lowest BCUT2D eigenvalue weighted by molar-refractivity contribution is 0.102. The van der Waals surface area contributed by atoms with Crippen molar-refractivity contribution in [2.75, 3.05) is 5.75 Å². The van der Waals surface area contributed by atoms with Gasteiger partial charge < -0.3 is 9.13 Å². The van der Waals surface area contributed by atoms with Crippen LogP contribution in [0.5, 0.6) is 0 Å². The van der Waals surface area contributed by atoms with Gasteiger partial charge in [0, 0.05) is 23.0 Å². The molecule has 0 aliphatic heterocycles. The minimum atomic E-state index is 0.146. The average Bonchev–Trinajstić information content (AvgIpc) is 3.40. The van der Waals surface area contributed by atoms with Crippen molar-refractivity contribution in [1.29, 1.82) is 0 Å². The van der Waals surface area contributed by atoms with E-state index in [4.69, 9.17) is 0 Å². The number of thioether (sulfide) groups is 1. The van der Waals surface area contributed by atoms with E-state index in [9.17, 15) is 4.79 Å². The van der Waals surface area contributed by atoms with E-state index in [0.717, 1.165) is 27.9 Å². The molecule has 1 aromatic carbocycles. The van der Waals surface area contributed by atoms with Gasteiger partial charge in [0.25, 0.3) is 0 Å². The number of Topliss-reactive ketones (excluding diaryl/α,β-unsaturated/α-hetero) is 1. The average molecular weight is 395 g/mol. The Labute approximate surface area is 170 Å². The van der Waals surface area contributed by atoms with E-state index in [1.807, 2.05) is 26.0 Å². The Bertz CT molecular complexity index is 1000. The van der Waals surface area contributed by atoms with Crippen molar-refractivity contribution in [2.24, 2.45) is 0 Å². The summed E-state index contributed by atoms with van der Waals surface area (Å²) in [6, 6.07) is 13.1. The fraction of sp³-hybridized carbons (Fsp3) is 0.409. The van der Waals surface area contributed by atoms with Crippen molar-refractivity contribution >= 4 is 17.5 Å². The van der Waals surface area contributed by atoms with E-state index in [2.05, 4.69) is 57.4 Å². The van der Waals surface area contributed by atoms with E-state index < -0.39 is 0 Å². The molecule has 4 rings (SSSR count). The first-order valence-corrected chi connectivity index (χ1v) is 10.8. The van der Waals surface area contributed by atoms with Crippen molar-refractivity contribution in [3.8, 4) is 0 Å². The quantitative estimate of drug-likeness (QED) is 0.421. The highest BCUT2D eigenvalue weighted by Gasteiger charge is 2.29. The lowest BCUT2D eigenvalue weighted by atomic mass is 10.1. The van der Waals surface area contributed by atoms with Crippen LogP contribution in [-0.4, -0.2) is 30.9 Å². The first-order chi connectivity index (χ1) is 13.5. The molecule has 146 valence electrons. The number of ketones is 1. The molecule has 0 N–H and O–H groups in total. The summed E-state index contributed by atoms with van der Waals surface area (Å²) in [4.78, 5) is 13.0. The predicted molar refractivity (Wildman–Crippen MR) is 112 cm³/mol. The molecule has 1 atom stereocenters. The predicted octanol–water partition coefficient (Wildman–Crippen LogP) is 4.92. The molecule has 6 heteroatoms. The fourth-order valence-electron chi connectivity index (χ4n) is 3.95. The molecule has 0 unspecified atom stereocenters. The zero-order valence-electron chi connectivity index (χ0n) is 16.8. The van der Waals surface area contributed by atoms with Gasteiger partial charge in [-0.1, -0.05) is 42.1 Å². The molecule has 1 aliphatic rings. The molecule has 0 radical (unpaired) electrons. The molecular weight excluding hydrogens is 368 g/mol. The second-order valence-corrected chi connectivity index (χ2v) is 8.53. The normalized spacial score (nSPS) is 15.0. The summed E-state index contributed by atoms with van der Waals surface area (Å²) in [5, 5.41) is 9.33. The summed E-state index contributed by atoms with van der Waals surface area (Å²) >= 11 is 1.50. The smallest absolute Gasteiger partial charge is 0.191 e. The SMILES string of the molecule is Cc1nnc(SCC(=O)c2cc(C)n([C@@H](C)c3ccccc3)c2C)n1C1CC1. The van der Waals surface area contributed by atoms with Crippen molar-refractivity contribution in [2.45, 2.75) is 57.8 Å². The van der Waals surface area contributed by atoms with Crippen LogP contribution < -0.4 is 0 Å². The van der Waals surface area contributed by atoms with Crippen LogP contribution in [0, 0.1) is 20.8 Å². The number of carbonyl (C=O) groups is 1. The second-order valence-electron chi connectivity index (χ2n) is 7.58. The molecule has 2 aromatic heterocycles.